The molecule has 0 saturated carbocycles. The van der Waals surface area contributed by atoms with Crippen molar-refractivity contribution < 1.29 is 13.2 Å². The number of ether oxygens (including phenoxy) is 1. The summed E-state index contributed by atoms with van der Waals surface area (Å²) >= 11 is 0. The average molecular weight is 353 g/mol. The molecule has 0 aliphatic carbocycles. The largest absolute Gasteiger partial charge is 0.375 e. The smallest absolute Gasteiger partial charge is 0.218 e. The van der Waals surface area contributed by atoms with E-state index >= 15 is 0 Å². The van der Waals surface area contributed by atoms with E-state index in [0.717, 1.165) is 37.2 Å². The zero-order chi connectivity index (χ0) is 17.2. The highest BCUT2D eigenvalue weighted by Gasteiger charge is 2.37. The zero-order valence-electron chi connectivity index (χ0n) is 14.6. The van der Waals surface area contributed by atoms with E-state index in [-0.39, 0.29) is 11.9 Å². The Kier molecular flexibility index (Phi) is 5.59. The number of hydrogen-bond donors (Lipinski definition) is 0. The van der Waals surface area contributed by atoms with Gasteiger partial charge in [-0.3, -0.25) is 0 Å². The number of piperidine rings is 1. The summed E-state index contributed by atoms with van der Waals surface area (Å²) in [6.45, 7) is 8.97. The first-order chi connectivity index (χ1) is 11.5. The van der Waals surface area contributed by atoms with E-state index in [1.165, 1.54) is 0 Å². The Hall–Kier alpha value is -0.950. The Morgan fingerprint density at radius 2 is 1.92 bits per heavy atom. The van der Waals surface area contributed by atoms with Crippen molar-refractivity contribution in [3.05, 3.63) is 35.4 Å². The lowest BCUT2D eigenvalue weighted by atomic mass is 9.94. The van der Waals surface area contributed by atoms with Crippen LogP contribution in [0.2, 0.25) is 0 Å². The van der Waals surface area contributed by atoms with E-state index in [1.807, 2.05) is 31.2 Å². The van der Waals surface area contributed by atoms with Crippen LogP contribution in [0.15, 0.2) is 24.3 Å². The maximum absolute atomic E-state index is 12.8. The molecule has 24 heavy (non-hydrogen) atoms. The molecule has 0 bridgehead atoms. The van der Waals surface area contributed by atoms with Gasteiger partial charge in [0.15, 0.2) is 0 Å². The Balaban J connectivity index is 1.66. The van der Waals surface area contributed by atoms with Crippen LogP contribution < -0.4 is 0 Å². The molecule has 2 fully saturated rings. The third kappa shape index (κ3) is 4.17. The van der Waals surface area contributed by atoms with Crippen LogP contribution in [0, 0.1) is 12.8 Å². The third-order valence-electron chi connectivity index (χ3n) is 5.20. The number of nitrogens with zero attached hydrogens (tertiary/aromatic N) is 2. The van der Waals surface area contributed by atoms with Gasteiger partial charge in [0.05, 0.1) is 18.5 Å². The van der Waals surface area contributed by atoms with E-state index in [0.29, 0.717) is 25.6 Å². The fraction of sp³-hybridized carbons (Fsp3) is 0.667. The van der Waals surface area contributed by atoms with Crippen LogP contribution in [0.25, 0.3) is 0 Å². The number of benzene rings is 1. The molecule has 0 N–H and O–H groups in total. The first-order valence-electron chi connectivity index (χ1n) is 8.85. The van der Waals surface area contributed by atoms with E-state index < -0.39 is 10.0 Å². The van der Waals surface area contributed by atoms with Crippen LogP contribution in [0.5, 0.6) is 0 Å². The Bertz CT molecular complexity index is 645. The van der Waals surface area contributed by atoms with Gasteiger partial charge in [-0.1, -0.05) is 36.8 Å². The van der Waals surface area contributed by atoms with Gasteiger partial charge in [0.1, 0.15) is 0 Å². The topological polar surface area (TPSA) is 49.9 Å². The Morgan fingerprint density at radius 3 is 2.62 bits per heavy atom. The molecular formula is C18H28N2O3S. The van der Waals surface area contributed by atoms with Crippen molar-refractivity contribution in [2.24, 2.45) is 5.92 Å². The molecule has 2 heterocycles. The van der Waals surface area contributed by atoms with E-state index in [9.17, 15) is 8.42 Å². The van der Waals surface area contributed by atoms with E-state index in [1.54, 1.807) is 4.31 Å². The van der Waals surface area contributed by atoms with Gasteiger partial charge in [-0.2, -0.15) is 4.31 Å². The van der Waals surface area contributed by atoms with Gasteiger partial charge >= 0.3 is 0 Å². The predicted molar refractivity (Wildman–Crippen MR) is 95.3 cm³/mol. The molecule has 6 heteroatoms. The molecule has 2 aliphatic heterocycles. The van der Waals surface area contributed by atoms with Crippen molar-refractivity contribution in [1.29, 1.82) is 0 Å². The number of fused-ring (bicyclic) bond motifs is 1. The first kappa shape index (κ1) is 17.9. The van der Waals surface area contributed by atoms with Crippen LogP contribution in [-0.4, -0.2) is 63.1 Å². The molecule has 3 rings (SSSR count). The number of rotatable bonds is 4. The fourth-order valence-electron chi connectivity index (χ4n) is 3.62. The summed E-state index contributed by atoms with van der Waals surface area (Å²) in [7, 11) is -3.29. The molecule has 1 aromatic carbocycles. The van der Waals surface area contributed by atoms with Gasteiger partial charge in [-0.15, -0.1) is 0 Å². The molecule has 0 spiro atoms. The quantitative estimate of drug-likeness (QED) is 0.830. The Labute approximate surface area is 145 Å². The van der Waals surface area contributed by atoms with Crippen molar-refractivity contribution >= 4 is 10.0 Å². The van der Waals surface area contributed by atoms with Gasteiger partial charge in [0, 0.05) is 32.1 Å². The number of hydrogen-bond acceptors (Lipinski definition) is 4. The summed E-state index contributed by atoms with van der Waals surface area (Å²) < 4.78 is 33.2. The van der Waals surface area contributed by atoms with E-state index in [2.05, 4.69) is 11.8 Å². The fourth-order valence-corrected chi connectivity index (χ4v) is 5.17. The molecule has 0 aromatic heterocycles. The Morgan fingerprint density at radius 1 is 1.17 bits per heavy atom. The molecule has 5 nitrogen and oxygen atoms in total. The van der Waals surface area contributed by atoms with Gasteiger partial charge in [-0.25, -0.2) is 8.42 Å². The molecule has 1 aromatic rings. The molecule has 0 amide bonds. The first-order valence-corrected chi connectivity index (χ1v) is 10.5. The monoisotopic (exact) mass is 352 g/mol. The van der Waals surface area contributed by atoms with Crippen LogP contribution in [-0.2, 0) is 20.5 Å². The number of likely N-dealkylation sites (N-methyl/N-ethyl adjacent to an activating group) is 1. The molecule has 0 radical (unpaired) electrons. The minimum absolute atomic E-state index is 0.0306. The van der Waals surface area contributed by atoms with E-state index in [4.69, 9.17) is 4.74 Å². The van der Waals surface area contributed by atoms with Crippen LogP contribution >= 0.6 is 0 Å². The second-order valence-electron chi connectivity index (χ2n) is 6.95. The normalized spacial score (nSPS) is 26.8. The van der Waals surface area contributed by atoms with Gasteiger partial charge < -0.3 is 9.64 Å². The second-order valence-corrected chi connectivity index (χ2v) is 8.92. The highest BCUT2D eigenvalue weighted by atomic mass is 32.2. The maximum atomic E-state index is 12.8. The average Bonchev–Trinajstić information content (AvgIpc) is 2.78. The molecule has 2 atom stereocenters. The highest BCUT2D eigenvalue weighted by Crippen LogP contribution is 2.26. The summed E-state index contributed by atoms with van der Waals surface area (Å²) in [6, 6.07) is 7.73. The number of sulfonamides is 1. The number of aryl methyl sites for hydroxylation is 1. The third-order valence-corrected chi connectivity index (χ3v) is 7.02. The van der Waals surface area contributed by atoms with Crippen molar-refractivity contribution in [3.8, 4) is 0 Å². The lowest BCUT2D eigenvalue weighted by Gasteiger charge is -2.37. The predicted octanol–water partition coefficient (Wildman–Crippen LogP) is 1.87. The van der Waals surface area contributed by atoms with Crippen molar-refractivity contribution in [2.45, 2.75) is 32.1 Å². The molecule has 2 saturated heterocycles. The summed E-state index contributed by atoms with van der Waals surface area (Å²) in [5.74, 6) is 0.518. The summed E-state index contributed by atoms with van der Waals surface area (Å²) in [5.41, 5.74) is 1.99. The van der Waals surface area contributed by atoms with Crippen molar-refractivity contribution in [1.82, 2.24) is 9.21 Å². The maximum Gasteiger partial charge on any atom is 0.218 e. The lowest BCUT2D eigenvalue weighted by Crippen LogP contribution is -2.49. The van der Waals surface area contributed by atoms with Crippen LogP contribution in [0.4, 0.5) is 0 Å². The van der Waals surface area contributed by atoms with Gasteiger partial charge in [0.25, 0.3) is 0 Å². The summed E-state index contributed by atoms with van der Waals surface area (Å²) in [4.78, 5) is 2.40. The van der Waals surface area contributed by atoms with Gasteiger partial charge in [0.2, 0.25) is 10.0 Å². The van der Waals surface area contributed by atoms with Crippen molar-refractivity contribution in [3.63, 3.8) is 0 Å². The van der Waals surface area contributed by atoms with Gasteiger partial charge in [-0.05, 0) is 25.5 Å². The van der Waals surface area contributed by atoms with Crippen LogP contribution in [0.3, 0.4) is 0 Å². The molecular weight excluding hydrogens is 324 g/mol. The second kappa shape index (κ2) is 7.52. The summed E-state index contributed by atoms with van der Waals surface area (Å²) in [5, 5.41) is 0. The van der Waals surface area contributed by atoms with Crippen molar-refractivity contribution in [2.75, 3.05) is 39.3 Å². The SMILES string of the molecule is CCN1CCO[C@H]2CN(S(=O)(=O)Cc3ccc(C)cc3)CC[C@@H]2C1. The summed E-state index contributed by atoms with van der Waals surface area (Å²) in [6.07, 6.45) is 0.914. The zero-order valence-corrected chi connectivity index (χ0v) is 15.5. The molecule has 0 unspecified atom stereocenters. The minimum Gasteiger partial charge on any atom is -0.375 e. The standard InChI is InChI=1S/C18H28N2O3S/c1-3-19-10-11-23-18-13-20(9-8-17(18)12-19)24(21,22)14-16-6-4-15(2)5-7-16/h4-7,17-18H,3,8-14H2,1-2H3/t17-,18+/m1/s1. The lowest BCUT2D eigenvalue weighted by molar-refractivity contribution is -0.00193. The highest BCUT2D eigenvalue weighted by molar-refractivity contribution is 7.88. The minimum atomic E-state index is -3.29. The molecule has 2 aliphatic rings. The molecule has 134 valence electrons. The van der Waals surface area contributed by atoms with Crippen LogP contribution in [0.1, 0.15) is 24.5 Å².